The average molecular weight is 504 g/mol. The van der Waals surface area contributed by atoms with Gasteiger partial charge in [-0.05, 0) is 37.9 Å². The number of hydrogen-bond donors (Lipinski definition) is 2. The molecular weight excluding hydrogens is 467 g/mol. The fourth-order valence-corrected chi connectivity index (χ4v) is 3.41. The van der Waals surface area contributed by atoms with E-state index < -0.39 is 0 Å². The molecule has 1 unspecified atom stereocenters. The van der Waals surface area contributed by atoms with Crippen molar-refractivity contribution in [1.29, 1.82) is 0 Å². The normalized spacial score (nSPS) is 16.0. The molecule has 160 valence electrons. The highest BCUT2D eigenvalue weighted by molar-refractivity contribution is 14.0. The van der Waals surface area contributed by atoms with E-state index in [2.05, 4.69) is 46.5 Å². The van der Waals surface area contributed by atoms with Crippen LogP contribution < -0.4 is 15.4 Å². The number of ether oxygens (including phenoxy) is 2. The van der Waals surface area contributed by atoms with Gasteiger partial charge in [0.1, 0.15) is 5.75 Å². The van der Waals surface area contributed by atoms with Gasteiger partial charge in [-0.25, -0.2) is 0 Å². The Bertz CT molecular complexity index is 577. The van der Waals surface area contributed by atoms with E-state index >= 15 is 0 Å². The predicted octanol–water partition coefficient (Wildman–Crippen LogP) is 3.29. The minimum absolute atomic E-state index is 0. The van der Waals surface area contributed by atoms with Crippen molar-refractivity contribution in [2.45, 2.75) is 32.7 Å². The number of nitrogens with zero attached hydrogens (tertiary/aromatic N) is 2. The molecule has 1 aliphatic rings. The Morgan fingerprint density at radius 2 is 1.89 bits per heavy atom. The maximum absolute atomic E-state index is 5.63. The number of likely N-dealkylation sites (tertiary alicyclic amines) is 1. The van der Waals surface area contributed by atoms with Crippen molar-refractivity contribution in [3.05, 3.63) is 29.8 Å². The van der Waals surface area contributed by atoms with Crippen molar-refractivity contribution in [2.24, 2.45) is 10.9 Å². The molecule has 0 spiro atoms. The molecule has 0 bridgehead atoms. The summed E-state index contributed by atoms with van der Waals surface area (Å²) in [6.45, 7) is 9.56. The summed E-state index contributed by atoms with van der Waals surface area (Å²) in [4.78, 5) is 6.88. The van der Waals surface area contributed by atoms with Gasteiger partial charge in [0.15, 0.2) is 5.96 Å². The van der Waals surface area contributed by atoms with E-state index in [1.54, 1.807) is 14.2 Å². The van der Waals surface area contributed by atoms with Crippen molar-refractivity contribution < 1.29 is 9.47 Å². The lowest BCUT2D eigenvalue weighted by Crippen LogP contribution is -2.43. The van der Waals surface area contributed by atoms with E-state index in [-0.39, 0.29) is 30.0 Å². The minimum Gasteiger partial charge on any atom is -0.496 e. The first-order chi connectivity index (χ1) is 13.2. The molecule has 1 aromatic carbocycles. The molecule has 1 fully saturated rings. The molecule has 1 atom stereocenters. The summed E-state index contributed by atoms with van der Waals surface area (Å²) >= 11 is 0. The third-order valence-corrected chi connectivity index (χ3v) is 4.76. The average Bonchev–Trinajstić information content (AvgIpc) is 3.20. The SMILES string of the molecule is CN=C(NCCOCC(C)C)NCC(c1ccccc1OC)N1CCCC1.I. The van der Waals surface area contributed by atoms with Crippen LogP contribution >= 0.6 is 24.0 Å². The lowest BCUT2D eigenvalue weighted by atomic mass is 10.0. The molecule has 1 heterocycles. The molecule has 0 aromatic heterocycles. The highest BCUT2D eigenvalue weighted by atomic mass is 127. The first-order valence-electron chi connectivity index (χ1n) is 10.0. The Labute approximate surface area is 187 Å². The van der Waals surface area contributed by atoms with Crippen LogP contribution in [0, 0.1) is 5.92 Å². The summed E-state index contributed by atoms with van der Waals surface area (Å²) in [5, 5.41) is 6.82. The summed E-state index contributed by atoms with van der Waals surface area (Å²) in [5.41, 5.74) is 1.23. The number of halogens is 1. The minimum atomic E-state index is 0. The fraction of sp³-hybridized carbons (Fsp3) is 0.667. The van der Waals surface area contributed by atoms with Gasteiger partial charge in [-0.1, -0.05) is 32.0 Å². The van der Waals surface area contributed by atoms with Gasteiger partial charge < -0.3 is 20.1 Å². The third kappa shape index (κ3) is 8.13. The molecule has 0 aliphatic carbocycles. The van der Waals surface area contributed by atoms with E-state index in [1.807, 2.05) is 12.1 Å². The Kier molecular flexibility index (Phi) is 12.5. The Hall–Kier alpha value is -1.06. The molecule has 7 heteroatoms. The number of rotatable bonds is 10. The molecular formula is C21H37IN4O2. The fourth-order valence-electron chi connectivity index (χ4n) is 3.41. The second kappa shape index (κ2) is 14.0. The van der Waals surface area contributed by atoms with Crippen LogP contribution in [-0.2, 0) is 4.74 Å². The largest absolute Gasteiger partial charge is 0.496 e. The van der Waals surface area contributed by atoms with E-state index in [0.29, 0.717) is 12.5 Å². The second-order valence-corrected chi connectivity index (χ2v) is 7.35. The number of benzene rings is 1. The summed E-state index contributed by atoms with van der Waals surface area (Å²) in [5.74, 6) is 2.31. The molecule has 0 amide bonds. The zero-order valence-corrected chi connectivity index (χ0v) is 20.1. The summed E-state index contributed by atoms with van der Waals surface area (Å²) in [6, 6.07) is 8.57. The Morgan fingerprint density at radius 3 is 2.54 bits per heavy atom. The molecule has 1 aliphatic heterocycles. The van der Waals surface area contributed by atoms with Gasteiger partial charge in [-0.2, -0.15) is 0 Å². The monoisotopic (exact) mass is 504 g/mol. The number of methoxy groups -OCH3 is 1. The number of aliphatic imine (C=N–C) groups is 1. The van der Waals surface area contributed by atoms with Crippen LogP contribution in [0.5, 0.6) is 5.75 Å². The van der Waals surface area contributed by atoms with Crippen LogP contribution in [0.15, 0.2) is 29.3 Å². The first-order valence-corrected chi connectivity index (χ1v) is 10.0. The van der Waals surface area contributed by atoms with Gasteiger partial charge in [-0.15, -0.1) is 24.0 Å². The van der Waals surface area contributed by atoms with Crippen LogP contribution in [0.3, 0.4) is 0 Å². The van der Waals surface area contributed by atoms with Gasteiger partial charge in [-0.3, -0.25) is 9.89 Å². The molecule has 0 radical (unpaired) electrons. The zero-order valence-electron chi connectivity index (χ0n) is 17.7. The van der Waals surface area contributed by atoms with E-state index in [4.69, 9.17) is 9.47 Å². The van der Waals surface area contributed by atoms with Crippen molar-refractivity contribution in [1.82, 2.24) is 15.5 Å². The van der Waals surface area contributed by atoms with Gasteiger partial charge in [0, 0.05) is 32.3 Å². The van der Waals surface area contributed by atoms with Gasteiger partial charge in [0.25, 0.3) is 0 Å². The smallest absolute Gasteiger partial charge is 0.191 e. The zero-order chi connectivity index (χ0) is 19.5. The maximum Gasteiger partial charge on any atom is 0.191 e. The molecule has 0 saturated carbocycles. The van der Waals surface area contributed by atoms with Gasteiger partial charge in [0.05, 0.1) is 19.8 Å². The van der Waals surface area contributed by atoms with Crippen LogP contribution in [0.25, 0.3) is 0 Å². The number of para-hydroxylation sites is 1. The standard InChI is InChI=1S/C21H36N4O2.HI/c1-17(2)16-27-14-11-23-21(22-3)24-15-19(25-12-7-8-13-25)18-9-5-6-10-20(18)26-4;/h5-6,9-10,17,19H,7-8,11-16H2,1-4H3,(H2,22,23,24);1H. The van der Waals surface area contributed by atoms with Gasteiger partial charge in [0.2, 0.25) is 0 Å². The molecule has 2 rings (SSSR count). The van der Waals surface area contributed by atoms with E-state index in [1.165, 1.54) is 18.4 Å². The lowest BCUT2D eigenvalue weighted by molar-refractivity contribution is 0.114. The van der Waals surface area contributed by atoms with Crippen molar-refractivity contribution in [3.8, 4) is 5.75 Å². The molecule has 6 nitrogen and oxygen atoms in total. The second-order valence-electron chi connectivity index (χ2n) is 7.35. The van der Waals surface area contributed by atoms with Crippen LogP contribution in [0.2, 0.25) is 0 Å². The van der Waals surface area contributed by atoms with Crippen LogP contribution in [-0.4, -0.2) is 64.4 Å². The first kappa shape index (κ1) is 25.0. The number of guanidine groups is 1. The molecule has 1 saturated heterocycles. The maximum atomic E-state index is 5.63. The van der Waals surface area contributed by atoms with E-state index in [9.17, 15) is 0 Å². The quantitative estimate of drug-likeness (QED) is 0.222. The highest BCUT2D eigenvalue weighted by Gasteiger charge is 2.25. The highest BCUT2D eigenvalue weighted by Crippen LogP contribution is 2.31. The number of hydrogen-bond acceptors (Lipinski definition) is 4. The summed E-state index contributed by atoms with van der Waals surface area (Å²) in [6.07, 6.45) is 2.51. The lowest BCUT2D eigenvalue weighted by Gasteiger charge is -2.30. The topological polar surface area (TPSA) is 58.1 Å². The third-order valence-electron chi connectivity index (χ3n) is 4.76. The van der Waals surface area contributed by atoms with Crippen molar-refractivity contribution in [2.75, 3.05) is 53.6 Å². The number of nitrogens with one attached hydrogen (secondary N) is 2. The van der Waals surface area contributed by atoms with Gasteiger partial charge >= 0.3 is 0 Å². The Balaban J connectivity index is 0.00000392. The predicted molar refractivity (Wildman–Crippen MR) is 127 cm³/mol. The summed E-state index contributed by atoms with van der Waals surface area (Å²) < 4.78 is 11.2. The van der Waals surface area contributed by atoms with Crippen LogP contribution in [0.4, 0.5) is 0 Å². The van der Waals surface area contributed by atoms with E-state index in [0.717, 1.165) is 44.5 Å². The van der Waals surface area contributed by atoms with Crippen molar-refractivity contribution >= 4 is 29.9 Å². The summed E-state index contributed by atoms with van der Waals surface area (Å²) in [7, 11) is 3.54. The molecule has 2 N–H and O–H groups in total. The van der Waals surface area contributed by atoms with Crippen molar-refractivity contribution in [3.63, 3.8) is 0 Å². The molecule has 1 aromatic rings. The van der Waals surface area contributed by atoms with Crippen LogP contribution in [0.1, 0.15) is 38.3 Å². The molecule has 28 heavy (non-hydrogen) atoms. The Morgan fingerprint density at radius 1 is 1.18 bits per heavy atom.